The molecule has 2 nitrogen and oxygen atoms in total. The van der Waals surface area contributed by atoms with E-state index in [9.17, 15) is 0 Å². The predicted octanol–water partition coefficient (Wildman–Crippen LogP) is 4.11. The fraction of sp³-hybridized carbons (Fsp3) is 0.294. The molecule has 0 fully saturated rings. The molecule has 0 saturated carbocycles. The molecule has 0 unspecified atom stereocenters. The highest BCUT2D eigenvalue weighted by Gasteiger charge is 2.10. The summed E-state index contributed by atoms with van der Waals surface area (Å²) in [6.07, 6.45) is 1.35. The Morgan fingerprint density at radius 1 is 1.00 bits per heavy atom. The van der Waals surface area contributed by atoms with Gasteiger partial charge in [0.1, 0.15) is 5.75 Å². The van der Waals surface area contributed by atoms with Crippen LogP contribution >= 0.6 is 0 Å². The van der Waals surface area contributed by atoms with Crippen LogP contribution in [-0.4, -0.2) is 12.6 Å². The van der Waals surface area contributed by atoms with Gasteiger partial charge in [0.25, 0.3) is 0 Å². The van der Waals surface area contributed by atoms with Gasteiger partial charge in [-0.1, -0.05) is 24.3 Å². The van der Waals surface area contributed by atoms with Gasteiger partial charge in [-0.25, -0.2) is 0 Å². The lowest BCUT2D eigenvalue weighted by atomic mass is 10.0. The topological polar surface area (TPSA) is 21.3 Å². The van der Waals surface area contributed by atoms with E-state index in [1.807, 2.05) is 26.0 Å². The Morgan fingerprint density at radius 3 is 2.47 bits per heavy atom. The average molecular weight is 253 g/mol. The Hall–Kier alpha value is -1.96. The Labute approximate surface area is 114 Å². The van der Waals surface area contributed by atoms with Crippen molar-refractivity contribution in [2.75, 3.05) is 11.9 Å². The second-order valence-electron chi connectivity index (χ2n) is 5.24. The maximum absolute atomic E-state index is 5.67. The third-order valence-corrected chi connectivity index (χ3v) is 3.38. The summed E-state index contributed by atoms with van der Waals surface area (Å²) < 4.78 is 5.67. The molecule has 0 saturated heterocycles. The Morgan fingerprint density at radius 2 is 1.74 bits per heavy atom. The van der Waals surface area contributed by atoms with Gasteiger partial charge in [-0.15, -0.1) is 0 Å². The first kappa shape index (κ1) is 12.1. The van der Waals surface area contributed by atoms with Gasteiger partial charge in [0, 0.05) is 12.2 Å². The molecule has 1 aliphatic rings. The van der Waals surface area contributed by atoms with Gasteiger partial charge in [0.15, 0.2) is 0 Å². The van der Waals surface area contributed by atoms with Crippen molar-refractivity contribution in [2.45, 2.75) is 26.4 Å². The van der Waals surface area contributed by atoms with Crippen molar-refractivity contribution in [1.29, 1.82) is 0 Å². The van der Waals surface area contributed by atoms with Crippen molar-refractivity contribution in [2.24, 2.45) is 0 Å². The van der Waals surface area contributed by atoms with Crippen LogP contribution in [0.25, 0.3) is 11.1 Å². The largest absolute Gasteiger partial charge is 0.491 e. The molecule has 0 spiro atoms. The maximum Gasteiger partial charge on any atom is 0.119 e. The quantitative estimate of drug-likeness (QED) is 0.888. The van der Waals surface area contributed by atoms with E-state index in [1.54, 1.807) is 0 Å². The summed E-state index contributed by atoms with van der Waals surface area (Å²) in [7, 11) is 0. The Balaban J connectivity index is 1.86. The van der Waals surface area contributed by atoms with Crippen molar-refractivity contribution >= 4 is 5.69 Å². The number of rotatable bonds is 3. The van der Waals surface area contributed by atoms with Crippen molar-refractivity contribution < 1.29 is 4.74 Å². The number of fused-ring (bicyclic) bond motifs is 1. The average Bonchev–Trinajstić information content (AvgIpc) is 2.86. The highest BCUT2D eigenvalue weighted by molar-refractivity contribution is 5.71. The number of anilines is 1. The van der Waals surface area contributed by atoms with Gasteiger partial charge >= 0.3 is 0 Å². The maximum atomic E-state index is 5.67. The second kappa shape index (κ2) is 4.96. The molecule has 0 aliphatic carbocycles. The van der Waals surface area contributed by atoms with Crippen LogP contribution in [0.3, 0.4) is 0 Å². The molecule has 2 aromatic rings. The molecule has 0 bridgehead atoms. The summed E-state index contributed by atoms with van der Waals surface area (Å²) in [5.74, 6) is 0.929. The SMILES string of the molecule is CC(C)Oc1ccc(-c2ccc3c(c2)NCC3)cc1. The van der Waals surface area contributed by atoms with E-state index in [0.29, 0.717) is 0 Å². The lowest BCUT2D eigenvalue weighted by Crippen LogP contribution is -2.05. The second-order valence-corrected chi connectivity index (χ2v) is 5.24. The van der Waals surface area contributed by atoms with E-state index in [4.69, 9.17) is 4.74 Å². The lowest BCUT2D eigenvalue weighted by Gasteiger charge is -2.10. The molecule has 1 heterocycles. The number of nitrogens with one attached hydrogen (secondary N) is 1. The number of ether oxygens (including phenoxy) is 1. The first-order valence-electron chi connectivity index (χ1n) is 6.86. The van der Waals surface area contributed by atoms with Crippen molar-refractivity contribution in [1.82, 2.24) is 0 Å². The van der Waals surface area contributed by atoms with Crippen LogP contribution in [0.2, 0.25) is 0 Å². The normalized spacial score (nSPS) is 13.2. The lowest BCUT2D eigenvalue weighted by molar-refractivity contribution is 0.242. The highest BCUT2D eigenvalue weighted by Crippen LogP contribution is 2.29. The van der Waals surface area contributed by atoms with Crippen molar-refractivity contribution in [3.05, 3.63) is 48.0 Å². The minimum atomic E-state index is 0.218. The minimum absolute atomic E-state index is 0.218. The molecule has 0 aromatic heterocycles. The van der Waals surface area contributed by atoms with Gasteiger partial charge < -0.3 is 10.1 Å². The molecular weight excluding hydrogens is 234 g/mol. The van der Waals surface area contributed by atoms with Crippen molar-refractivity contribution in [3.63, 3.8) is 0 Å². The van der Waals surface area contributed by atoms with Crippen molar-refractivity contribution in [3.8, 4) is 16.9 Å². The van der Waals surface area contributed by atoms with Gasteiger partial charge in [0.2, 0.25) is 0 Å². The van der Waals surface area contributed by atoms with Crippen LogP contribution in [0.15, 0.2) is 42.5 Å². The summed E-state index contributed by atoms with van der Waals surface area (Å²) in [6, 6.07) is 15.0. The zero-order valence-electron chi connectivity index (χ0n) is 11.4. The van der Waals surface area contributed by atoms with E-state index in [2.05, 4.69) is 35.6 Å². The first-order chi connectivity index (χ1) is 9.22. The summed E-state index contributed by atoms with van der Waals surface area (Å²) in [5, 5.41) is 3.42. The van der Waals surface area contributed by atoms with Crippen LogP contribution in [0.5, 0.6) is 5.75 Å². The molecule has 2 aromatic carbocycles. The highest BCUT2D eigenvalue weighted by atomic mass is 16.5. The molecule has 98 valence electrons. The van der Waals surface area contributed by atoms with E-state index in [0.717, 1.165) is 18.7 Å². The van der Waals surface area contributed by atoms with E-state index in [1.165, 1.54) is 22.4 Å². The third-order valence-electron chi connectivity index (χ3n) is 3.38. The summed E-state index contributed by atoms with van der Waals surface area (Å²) in [6.45, 7) is 5.14. The fourth-order valence-corrected chi connectivity index (χ4v) is 2.47. The molecule has 1 aliphatic heterocycles. The summed E-state index contributed by atoms with van der Waals surface area (Å²) in [5.41, 5.74) is 5.18. The van der Waals surface area contributed by atoms with E-state index < -0.39 is 0 Å². The number of hydrogen-bond donors (Lipinski definition) is 1. The zero-order chi connectivity index (χ0) is 13.2. The van der Waals surface area contributed by atoms with Gasteiger partial charge in [-0.3, -0.25) is 0 Å². The molecule has 19 heavy (non-hydrogen) atoms. The van der Waals surface area contributed by atoms with Crippen LogP contribution in [0.1, 0.15) is 19.4 Å². The number of benzene rings is 2. The fourth-order valence-electron chi connectivity index (χ4n) is 2.47. The molecular formula is C17H19NO. The Bertz CT molecular complexity index is 572. The van der Waals surface area contributed by atoms with Gasteiger partial charge in [-0.05, 0) is 55.2 Å². The molecule has 1 N–H and O–H groups in total. The molecule has 0 radical (unpaired) electrons. The van der Waals surface area contributed by atoms with Gasteiger partial charge in [-0.2, -0.15) is 0 Å². The number of hydrogen-bond acceptors (Lipinski definition) is 2. The zero-order valence-corrected chi connectivity index (χ0v) is 11.4. The predicted molar refractivity (Wildman–Crippen MR) is 79.8 cm³/mol. The standard InChI is InChI=1S/C17H19NO/c1-12(2)19-16-7-5-13(6-8-16)15-4-3-14-9-10-18-17(14)11-15/h3-8,11-12,18H,9-10H2,1-2H3. The minimum Gasteiger partial charge on any atom is -0.491 e. The first-order valence-corrected chi connectivity index (χ1v) is 6.86. The summed E-state index contributed by atoms with van der Waals surface area (Å²) in [4.78, 5) is 0. The molecule has 0 atom stereocenters. The smallest absolute Gasteiger partial charge is 0.119 e. The molecule has 0 amide bonds. The van der Waals surface area contributed by atoms with Gasteiger partial charge in [0.05, 0.1) is 6.10 Å². The van der Waals surface area contributed by atoms with Crippen LogP contribution in [0, 0.1) is 0 Å². The third kappa shape index (κ3) is 2.58. The monoisotopic (exact) mass is 253 g/mol. The van der Waals surface area contributed by atoms with E-state index in [-0.39, 0.29) is 6.10 Å². The van der Waals surface area contributed by atoms with E-state index >= 15 is 0 Å². The molecule has 2 heteroatoms. The Kier molecular flexibility index (Phi) is 3.16. The molecule has 3 rings (SSSR count). The van der Waals surface area contributed by atoms with Crippen LogP contribution in [0.4, 0.5) is 5.69 Å². The summed E-state index contributed by atoms with van der Waals surface area (Å²) >= 11 is 0. The van der Waals surface area contributed by atoms with Crippen LogP contribution < -0.4 is 10.1 Å². The van der Waals surface area contributed by atoms with Crippen LogP contribution in [-0.2, 0) is 6.42 Å².